The summed E-state index contributed by atoms with van der Waals surface area (Å²) in [5.74, 6) is -1.21. The molecule has 0 unspecified atom stereocenters. The van der Waals surface area contributed by atoms with Crippen LogP contribution in [0.1, 0.15) is 28.8 Å². The number of halogens is 2. The molecule has 0 radical (unpaired) electrons. The second-order valence-electron chi connectivity index (χ2n) is 5.79. The highest BCUT2D eigenvalue weighted by Crippen LogP contribution is 2.19. The predicted octanol–water partition coefficient (Wildman–Crippen LogP) is 3.55. The van der Waals surface area contributed by atoms with Crippen molar-refractivity contribution in [2.45, 2.75) is 25.3 Å². The minimum Gasteiger partial charge on any atom is -0.353 e. The summed E-state index contributed by atoms with van der Waals surface area (Å²) in [6.07, 6.45) is 2.40. The molecule has 0 atom stereocenters. The lowest BCUT2D eigenvalue weighted by atomic mass is 10.1. The zero-order valence-corrected chi connectivity index (χ0v) is 13.6. The van der Waals surface area contributed by atoms with Crippen LogP contribution < -0.4 is 10.6 Å². The van der Waals surface area contributed by atoms with E-state index in [0.717, 1.165) is 24.5 Å². The van der Waals surface area contributed by atoms with Crippen molar-refractivity contribution in [1.29, 1.82) is 0 Å². The van der Waals surface area contributed by atoms with Crippen molar-refractivity contribution in [3.63, 3.8) is 0 Å². The first-order valence-corrected chi connectivity index (χ1v) is 8.04. The van der Waals surface area contributed by atoms with E-state index in [1.54, 1.807) is 24.3 Å². The quantitative estimate of drug-likeness (QED) is 0.869. The first-order valence-electron chi connectivity index (χ1n) is 7.66. The van der Waals surface area contributed by atoms with Crippen LogP contribution >= 0.6 is 11.6 Å². The zero-order chi connectivity index (χ0) is 17.1. The topological polar surface area (TPSA) is 58.2 Å². The molecule has 4 nitrogen and oxygen atoms in total. The van der Waals surface area contributed by atoms with Crippen molar-refractivity contribution >= 4 is 29.1 Å². The van der Waals surface area contributed by atoms with Crippen LogP contribution in [0.25, 0.3) is 0 Å². The normalized spacial score (nSPS) is 13.4. The van der Waals surface area contributed by atoms with E-state index >= 15 is 0 Å². The van der Waals surface area contributed by atoms with Crippen LogP contribution in [-0.2, 0) is 11.2 Å². The van der Waals surface area contributed by atoms with Crippen molar-refractivity contribution < 1.29 is 14.0 Å². The highest BCUT2D eigenvalue weighted by molar-refractivity contribution is 6.31. The standard InChI is InChI=1S/C18H16ClFN2O2/c19-12-3-8-16(20)15(10-12)18(24)22-14-4-1-11(2-5-14)9-17(23)21-13-6-7-13/h1-5,8,10,13H,6-7,9H2,(H,21,23)(H,22,24). The molecular formula is C18H16ClFN2O2. The number of hydrogen-bond donors (Lipinski definition) is 2. The van der Waals surface area contributed by atoms with Crippen molar-refractivity contribution in [3.05, 3.63) is 64.4 Å². The third-order valence-corrected chi connectivity index (χ3v) is 3.93. The van der Waals surface area contributed by atoms with E-state index in [1.165, 1.54) is 12.1 Å². The van der Waals surface area contributed by atoms with Gasteiger partial charge in [-0.3, -0.25) is 9.59 Å². The fourth-order valence-electron chi connectivity index (χ4n) is 2.27. The monoisotopic (exact) mass is 346 g/mol. The maximum absolute atomic E-state index is 13.7. The third-order valence-electron chi connectivity index (χ3n) is 3.69. The third kappa shape index (κ3) is 4.32. The van der Waals surface area contributed by atoms with Gasteiger partial charge < -0.3 is 10.6 Å². The largest absolute Gasteiger partial charge is 0.353 e. The molecule has 2 aromatic carbocycles. The smallest absolute Gasteiger partial charge is 0.258 e. The average Bonchev–Trinajstić information content (AvgIpc) is 3.35. The van der Waals surface area contributed by atoms with Crippen LogP contribution in [0.5, 0.6) is 0 Å². The summed E-state index contributed by atoms with van der Waals surface area (Å²) in [5, 5.41) is 5.82. The van der Waals surface area contributed by atoms with Crippen LogP contribution in [0, 0.1) is 5.82 Å². The van der Waals surface area contributed by atoms with Gasteiger partial charge in [-0.25, -0.2) is 4.39 Å². The van der Waals surface area contributed by atoms with Gasteiger partial charge in [0.2, 0.25) is 5.91 Å². The number of amides is 2. The molecule has 0 heterocycles. The summed E-state index contributed by atoms with van der Waals surface area (Å²) in [6.45, 7) is 0. The number of carbonyl (C=O) groups excluding carboxylic acids is 2. The SMILES string of the molecule is O=C(Cc1ccc(NC(=O)c2cc(Cl)ccc2F)cc1)NC1CC1. The minimum absolute atomic E-state index is 0.00437. The molecule has 24 heavy (non-hydrogen) atoms. The van der Waals surface area contributed by atoms with Crippen molar-refractivity contribution in [2.75, 3.05) is 5.32 Å². The van der Waals surface area contributed by atoms with E-state index in [4.69, 9.17) is 11.6 Å². The number of benzene rings is 2. The summed E-state index contributed by atoms with van der Waals surface area (Å²) in [7, 11) is 0. The lowest BCUT2D eigenvalue weighted by molar-refractivity contribution is -0.120. The van der Waals surface area contributed by atoms with Crippen molar-refractivity contribution in [1.82, 2.24) is 5.32 Å². The van der Waals surface area contributed by atoms with Gasteiger partial charge in [0.25, 0.3) is 5.91 Å². The van der Waals surface area contributed by atoms with Gasteiger partial charge in [0.1, 0.15) is 5.82 Å². The molecule has 0 bridgehead atoms. The molecule has 1 aliphatic carbocycles. The highest BCUT2D eigenvalue weighted by atomic mass is 35.5. The molecule has 0 spiro atoms. The van der Waals surface area contributed by atoms with Crippen LogP contribution in [0.2, 0.25) is 5.02 Å². The predicted molar refractivity (Wildman–Crippen MR) is 90.7 cm³/mol. The molecule has 6 heteroatoms. The molecular weight excluding hydrogens is 331 g/mol. The Morgan fingerprint density at radius 3 is 2.50 bits per heavy atom. The first-order chi connectivity index (χ1) is 11.5. The zero-order valence-electron chi connectivity index (χ0n) is 12.8. The number of rotatable bonds is 5. The second kappa shape index (κ2) is 7.01. The fourth-order valence-corrected chi connectivity index (χ4v) is 2.44. The Labute approximate surface area is 144 Å². The molecule has 2 amide bonds. The number of nitrogens with one attached hydrogen (secondary N) is 2. The Bertz CT molecular complexity index is 773. The Kier molecular flexibility index (Phi) is 4.81. The molecule has 1 fully saturated rings. The Morgan fingerprint density at radius 2 is 1.83 bits per heavy atom. The van der Waals surface area contributed by atoms with Gasteiger partial charge in [0, 0.05) is 16.8 Å². The summed E-state index contributed by atoms with van der Waals surface area (Å²) in [4.78, 5) is 23.8. The number of hydrogen-bond acceptors (Lipinski definition) is 2. The summed E-state index contributed by atoms with van der Waals surface area (Å²) >= 11 is 5.79. The molecule has 1 saturated carbocycles. The van der Waals surface area contributed by atoms with Gasteiger partial charge in [-0.2, -0.15) is 0 Å². The van der Waals surface area contributed by atoms with E-state index in [9.17, 15) is 14.0 Å². The molecule has 2 aromatic rings. The van der Waals surface area contributed by atoms with Gasteiger partial charge in [0.05, 0.1) is 12.0 Å². The van der Waals surface area contributed by atoms with Gasteiger partial charge in [-0.05, 0) is 48.7 Å². The van der Waals surface area contributed by atoms with Crippen LogP contribution in [0.3, 0.4) is 0 Å². The molecule has 0 saturated heterocycles. The van der Waals surface area contributed by atoms with Crippen molar-refractivity contribution in [3.8, 4) is 0 Å². The maximum Gasteiger partial charge on any atom is 0.258 e. The molecule has 1 aliphatic rings. The van der Waals surface area contributed by atoms with Gasteiger partial charge in [0.15, 0.2) is 0 Å². The van der Waals surface area contributed by atoms with E-state index in [-0.39, 0.29) is 11.5 Å². The Hall–Kier alpha value is -2.40. The van der Waals surface area contributed by atoms with E-state index in [1.807, 2.05) is 0 Å². The van der Waals surface area contributed by atoms with Gasteiger partial charge >= 0.3 is 0 Å². The fraction of sp³-hybridized carbons (Fsp3) is 0.222. The lowest BCUT2D eigenvalue weighted by Gasteiger charge is -2.08. The molecule has 2 N–H and O–H groups in total. The summed E-state index contributed by atoms with van der Waals surface area (Å²) in [6, 6.07) is 11.0. The second-order valence-corrected chi connectivity index (χ2v) is 6.23. The van der Waals surface area contributed by atoms with Crippen LogP contribution in [-0.4, -0.2) is 17.9 Å². The lowest BCUT2D eigenvalue weighted by Crippen LogP contribution is -2.26. The number of carbonyl (C=O) groups is 2. The summed E-state index contributed by atoms with van der Waals surface area (Å²) < 4.78 is 13.7. The Morgan fingerprint density at radius 1 is 1.12 bits per heavy atom. The number of anilines is 1. The van der Waals surface area contributed by atoms with E-state index in [2.05, 4.69) is 10.6 Å². The van der Waals surface area contributed by atoms with Crippen LogP contribution in [0.15, 0.2) is 42.5 Å². The van der Waals surface area contributed by atoms with Gasteiger partial charge in [-0.15, -0.1) is 0 Å². The van der Waals surface area contributed by atoms with Crippen LogP contribution in [0.4, 0.5) is 10.1 Å². The Balaban J connectivity index is 1.61. The molecule has 3 rings (SSSR count). The minimum atomic E-state index is -0.634. The molecule has 0 aromatic heterocycles. The molecule has 0 aliphatic heterocycles. The summed E-state index contributed by atoms with van der Waals surface area (Å²) in [5.41, 5.74) is 1.25. The van der Waals surface area contributed by atoms with E-state index in [0.29, 0.717) is 23.2 Å². The first kappa shape index (κ1) is 16.5. The van der Waals surface area contributed by atoms with Crippen molar-refractivity contribution in [2.24, 2.45) is 0 Å². The maximum atomic E-state index is 13.7. The van der Waals surface area contributed by atoms with E-state index < -0.39 is 11.7 Å². The highest BCUT2D eigenvalue weighted by Gasteiger charge is 2.23. The van der Waals surface area contributed by atoms with Gasteiger partial charge in [-0.1, -0.05) is 23.7 Å². The average molecular weight is 347 g/mol. The molecule has 124 valence electrons.